The van der Waals surface area contributed by atoms with Gasteiger partial charge in [-0.25, -0.2) is 0 Å². The number of furan rings is 1. The first-order chi connectivity index (χ1) is 10.6. The Kier molecular flexibility index (Phi) is 2.66. The molecule has 2 aromatic rings. The van der Waals surface area contributed by atoms with Gasteiger partial charge in [-0.3, -0.25) is 14.5 Å². The van der Waals surface area contributed by atoms with Crippen molar-refractivity contribution in [3.63, 3.8) is 0 Å². The van der Waals surface area contributed by atoms with E-state index >= 15 is 0 Å². The van der Waals surface area contributed by atoms with Crippen molar-refractivity contribution >= 4 is 17.5 Å². The Morgan fingerprint density at radius 2 is 2.00 bits per heavy atom. The van der Waals surface area contributed by atoms with E-state index in [9.17, 15) is 9.59 Å². The maximum absolute atomic E-state index is 12.9. The molecule has 0 spiro atoms. The molecule has 0 radical (unpaired) electrons. The summed E-state index contributed by atoms with van der Waals surface area (Å²) in [7, 11) is 0. The second kappa shape index (κ2) is 4.47. The summed E-state index contributed by atoms with van der Waals surface area (Å²) in [6.07, 6.45) is 2.68. The highest BCUT2D eigenvalue weighted by molar-refractivity contribution is 6.10. The molecule has 1 unspecified atom stereocenters. The molecule has 1 aromatic heterocycles. The zero-order valence-corrected chi connectivity index (χ0v) is 12.3. The highest BCUT2D eigenvalue weighted by Gasteiger charge is 2.53. The van der Waals surface area contributed by atoms with Crippen LogP contribution < -0.4 is 4.90 Å². The van der Waals surface area contributed by atoms with Gasteiger partial charge in [0.2, 0.25) is 5.91 Å². The van der Waals surface area contributed by atoms with Gasteiger partial charge in [0.05, 0.1) is 24.1 Å². The van der Waals surface area contributed by atoms with Crippen LogP contribution in [0, 0.1) is 0 Å². The monoisotopic (exact) mass is 296 g/mol. The number of anilines is 1. The number of benzene rings is 1. The van der Waals surface area contributed by atoms with E-state index < -0.39 is 5.66 Å². The van der Waals surface area contributed by atoms with E-state index in [-0.39, 0.29) is 11.8 Å². The maximum atomic E-state index is 12.9. The van der Waals surface area contributed by atoms with E-state index in [1.807, 2.05) is 31.2 Å². The zero-order chi connectivity index (χ0) is 15.3. The van der Waals surface area contributed by atoms with Crippen LogP contribution in [0.5, 0.6) is 0 Å². The molecular formula is C17H16N2O3. The lowest BCUT2D eigenvalue weighted by Crippen LogP contribution is -2.61. The van der Waals surface area contributed by atoms with Crippen molar-refractivity contribution < 1.29 is 14.0 Å². The molecule has 2 aliphatic rings. The van der Waals surface area contributed by atoms with Crippen LogP contribution in [-0.2, 0) is 11.3 Å². The highest BCUT2D eigenvalue weighted by Crippen LogP contribution is 2.44. The summed E-state index contributed by atoms with van der Waals surface area (Å²) in [4.78, 5) is 28.9. The van der Waals surface area contributed by atoms with E-state index in [1.54, 1.807) is 28.2 Å². The molecule has 5 heteroatoms. The van der Waals surface area contributed by atoms with Gasteiger partial charge >= 0.3 is 0 Å². The van der Waals surface area contributed by atoms with Crippen LogP contribution in [0.15, 0.2) is 47.1 Å². The number of para-hydroxylation sites is 1. The van der Waals surface area contributed by atoms with Crippen LogP contribution in [0.2, 0.25) is 0 Å². The van der Waals surface area contributed by atoms with Crippen LogP contribution in [-0.4, -0.2) is 22.4 Å². The minimum Gasteiger partial charge on any atom is -0.467 e. The summed E-state index contributed by atoms with van der Waals surface area (Å²) in [6.45, 7) is 2.31. The third-order valence-corrected chi connectivity index (χ3v) is 4.64. The average Bonchev–Trinajstić information content (AvgIpc) is 3.13. The molecule has 0 bridgehead atoms. The SMILES string of the molecule is CC12CCC(=O)N1c1ccccc1C(=O)N2Cc1ccco1. The quantitative estimate of drug-likeness (QED) is 0.856. The predicted octanol–water partition coefficient (Wildman–Crippen LogP) is 2.78. The fourth-order valence-corrected chi connectivity index (χ4v) is 3.50. The third kappa shape index (κ3) is 1.65. The number of carbonyl (C=O) groups excluding carboxylic acids is 2. The van der Waals surface area contributed by atoms with Gasteiger partial charge < -0.3 is 9.32 Å². The molecule has 1 saturated heterocycles. The lowest BCUT2D eigenvalue weighted by Gasteiger charge is -2.48. The first kappa shape index (κ1) is 13.1. The predicted molar refractivity (Wildman–Crippen MR) is 80.1 cm³/mol. The first-order valence-electron chi connectivity index (χ1n) is 7.38. The van der Waals surface area contributed by atoms with Gasteiger partial charge in [-0.2, -0.15) is 0 Å². The van der Waals surface area contributed by atoms with Gasteiger partial charge in [0.15, 0.2) is 0 Å². The molecule has 0 N–H and O–H groups in total. The Bertz CT molecular complexity index is 753. The number of hydrogen-bond donors (Lipinski definition) is 0. The van der Waals surface area contributed by atoms with E-state index in [0.717, 1.165) is 0 Å². The van der Waals surface area contributed by atoms with Crippen LogP contribution in [0.25, 0.3) is 0 Å². The van der Waals surface area contributed by atoms with Crippen molar-refractivity contribution in [1.82, 2.24) is 4.90 Å². The van der Waals surface area contributed by atoms with Crippen molar-refractivity contribution in [2.45, 2.75) is 32.0 Å². The molecule has 2 amide bonds. The summed E-state index contributed by atoms with van der Waals surface area (Å²) < 4.78 is 5.40. The molecule has 0 aliphatic carbocycles. The Hall–Kier alpha value is -2.56. The Morgan fingerprint density at radius 3 is 2.77 bits per heavy atom. The van der Waals surface area contributed by atoms with Gasteiger partial charge in [0.25, 0.3) is 5.91 Å². The molecule has 2 aliphatic heterocycles. The number of rotatable bonds is 2. The van der Waals surface area contributed by atoms with Gasteiger partial charge in [0.1, 0.15) is 11.4 Å². The van der Waals surface area contributed by atoms with Crippen molar-refractivity contribution in [3.8, 4) is 0 Å². The number of carbonyl (C=O) groups is 2. The van der Waals surface area contributed by atoms with E-state index in [2.05, 4.69) is 0 Å². The normalized spacial score (nSPS) is 23.7. The van der Waals surface area contributed by atoms with Crippen molar-refractivity contribution in [3.05, 3.63) is 54.0 Å². The molecule has 0 saturated carbocycles. The van der Waals surface area contributed by atoms with E-state index in [4.69, 9.17) is 4.42 Å². The van der Waals surface area contributed by atoms with Crippen molar-refractivity contribution in [2.24, 2.45) is 0 Å². The van der Waals surface area contributed by atoms with E-state index in [0.29, 0.717) is 36.4 Å². The second-order valence-corrected chi connectivity index (χ2v) is 5.93. The maximum Gasteiger partial charge on any atom is 0.258 e. The molecule has 1 atom stereocenters. The lowest BCUT2D eigenvalue weighted by atomic mass is 9.98. The minimum absolute atomic E-state index is 0.0551. The molecule has 3 heterocycles. The molecule has 22 heavy (non-hydrogen) atoms. The molecular weight excluding hydrogens is 280 g/mol. The van der Waals surface area contributed by atoms with Crippen LogP contribution in [0.1, 0.15) is 35.9 Å². The zero-order valence-electron chi connectivity index (χ0n) is 12.3. The summed E-state index contributed by atoms with van der Waals surface area (Å²) in [5.74, 6) is 0.723. The molecule has 5 nitrogen and oxygen atoms in total. The molecule has 4 rings (SSSR count). The standard InChI is InChI=1S/C17H16N2O3/c1-17-9-8-15(20)19(17)14-7-3-2-6-13(14)16(21)18(17)11-12-5-4-10-22-12/h2-7,10H,8-9,11H2,1H3. The van der Waals surface area contributed by atoms with Crippen LogP contribution >= 0.6 is 0 Å². The smallest absolute Gasteiger partial charge is 0.258 e. The largest absolute Gasteiger partial charge is 0.467 e. The molecule has 1 aromatic carbocycles. The van der Waals surface area contributed by atoms with Gasteiger partial charge in [-0.1, -0.05) is 12.1 Å². The molecule has 112 valence electrons. The summed E-state index contributed by atoms with van der Waals surface area (Å²) >= 11 is 0. The molecule has 1 fully saturated rings. The number of nitrogens with zero attached hydrogens (tertiary/aromatic N) is 2. The Morgan fingerprint density at radius 1 is 1.18 bits per heavy atom. The second-order valence-electron chi connectivity index (χ2n) is 5.93. The lowest BCUT2D eigenvalue weighted by molar-refractivity contribution is -0.117. The number of amides is 2. The van der Waals surface area contributed by atoms with Crippen LogP contribution in [0.3, 0.4) is 0 Å². The topological polar surface area (TPSA) is 53.8 Å². The van der Waals surface area contributed by atoms with Gasteiger partial charge in [-0.05, 0) is 37.6 Å². The highest BCUT2D eigenvalue weighted by atomic mass is 16.3. The first-order valence-corrected chi connectivity index (χ1v) is 7.38. The third-order valence-electron chi connectivity index (χ3n) is 4.64. The summed E-state index contributed by atoms with van der Waals surface area (Å²) in [6, 6.07) is 11.0. The van der Waals surface area contributed by atoms with Crippen molar-refractivity contribution in [2.75, 3.05) is 4.90 Å². The Balaban J connectivity index is 1.85. The minimum atomic E-state index is -0.630. The summed E-state index contributed by atoms with van der Waals surface area (Å²) in [5.41, 5.74) is 0.657. The Labute approximate surface area is 128 Å². The average molecular weight is 296 g/mol. The number of hydrogen-bond acceptors (Lipinski definition) is 3. The van der Waals surface area contributed by atoms with E-state index in [1.165, 1.54) is 0 Å². The fraction of sp³-hybridized carbons (Fsp3) is 0.294. The van der Waals surface area contributed by atoms with Gasteiger partial charge in [0, 0.05) is 6.42 Å². The summed E-state index contributed by atoms with van der Waals surface area (Å²) in [5, 5.41) is 0. The van der Waals surface area contributed by atoms with Gasteiger partial charge in [-0.15, -0.1) is 0 Å². The van der Waals surface area contributed by atoms with Crippen molar-refractivity contribution in [1.29, 1.82) is 0 Å². The van der Waals surface area contributed by atoms with Crippen LogP contribution in [0.4, 0.5) is 5.69 Å². The fourth-order valence-electron chi connectivity index (χ4n) is 3.50. The number of fused-ring (bicyclic) bond motifs is 3.